The van der Waals surface area contributed by atoms with Crippen molar-refractivity contribution in [3.8, 4) is 5.75 Å². The number of aromatic nitrogens is 2. The van der Waals surface area contributed by atoms with Gasteiger partial charge in [0.05, 0.1) is 13.2 Å². The molecule has 2 fully saturated rings. The molecule has 172 valence electrons. The second-order valence-corrected chi connectivity index (χ2v) is 8.75. The zero-order valence-electron chi connectivity index (χ0n) is 19.2. The van der Waals surface area contributed by atoms with E-state index in [1.54, 1.807) is 12.4 Å². The molecule has 0 saturated carbocycles. The van der Waals surface area contributed by atoms with Crippen LogP contribution in [-0.2, 0) is 11.2 Å². The summed E-state index contributed by atoms with van der Waals surface area (Å²) >= 11 is 0. The molecule has 2 aliphatic rings. The van der Waals surface area contributed by atoms with Gasteiger partial charge in [0.15, 0.2) is 0 Å². The standard InChI is InChI=1S/C25H35N5O2/c1-2-32-23-8-6-21(7-9-23)4-5-22-10-14-28(15-11-22)20-24(31)29-16-18-30(19-17-29)25-26-12-3-13-27-25/h3,6-9,12-13,22H,2,4-5,10-11,14-20H2,1H3. The van der Waals surface area contributed by atoms with Crippen LogP contribution in [-0.4, -0.2) is 78.1 Å². The number of ether oxygens (including phenoxy) is 1. The third-order valence-corrected chi connectivity index (χ3v) is 6.61. The molecule has 0 unspecified atom stereocenters. The Kier molecular flexibility index (Phi) is 7.93. The molecule has 1 aromatic carbocycles. The van der Waals surface area contributed by atoms with Crippen molar-refractivity contribution in [2.45, 2.75) is 32.6 Å². The number of rotatable bonds is 8. The van der Waals surface area contributed by atoms with Crippen LogP contribution in [0.3, 0.4) is 0 Å². The van der Waals surface area contributed by atoms with Gasteiger partial charge in [-0.2, -0.15) is 0 Å². The molecule has 0 spiro atoms. The van der Waals surface area contributed by atoms with E-state index in [4.69, 9.17) is 4.74 Å². The highest BCUT2D eigenvalue weighted by atomic mass is 16.5. The molecule has 2 saturated heterocycles. The Bertz CT molecular complexity index is 829. The first-order chi connectivity index (χ1) is 15.7. The number of nitrogens with zero attached hydrogens (tertiary/aromatic N) is 5. The molecule has 0 bridgehead atoms. The summed E-state index contributed by atoms with van der Waals surface area (Å²) < 4.78 is 5.52. The SMILES string of the molecule is CCOc1ccc(CCC2CCN(CC(=O)N3CCN(c4ncccn4)CC3)CC2)cc1. The summed E-state index contributed by atoms with van der Waals surface area (Å²) in [5, 5.41) is 0. The normalized spacial score (nSPS) is 18.0. The molecule has 4 rings (SSSR count). The molecule has 3 heterocycles. The highest BCUT2D eigenvalue weighted by Gasteiger charge is 2.26. The lowest BCUT2D eigenvalue weighted by atomic mass is 9.90. The van der Waals surface area contributed by atoms with Gasteiger partial charge in [-0.3, -0.25) is 9.69 Å². The van der Waals surface area contributed by atoms with Crippen LogP contribution in [0.4, 0.5) is 5.95 Å². The maximum Gasteiger partial charge on any atom is 0.236 e. The van der Waals surface area contributed by atoms with Crippen LogP contribution in [0.5, 0.6) is 5.75 Å². The van der Waals surface area contributed by atoms with Gasteiger partial charge in [0.1, 0.15) is 5.75 Å². The number of aryl methyl sites for hydroxylation is 1. The summed E-state index contributed by atoms with van der Waals surface area (Å²) in [6.45, 7) is 8.40. The summed E-state index contributed by atoms with van der Waals surface area (Å²) in [6, 6.07) is 10.3. The van der Waals surface area contributed by atoms with Gasteiger partial charge in [0.25, 0.3) is 0 Å². The summed E-state index contributed by atoms with van der Waals surface area (Å²) in [4.78, 5) is 27.9. The van der Waals surface area contributed by atoms with Gasteiger partial charge in [-0.25, -0.2) is 9.97 Å². The zero-order chi connectivity index (χ0) is 22.2. The minimum Gasteiger partial charge on any atom is -0.494 e. The third-order valence-electron chi connectivity index (χ3n) is 6.61. The van der Waals surface area contributed by atoms with Gasteiger partial charge in [-0.15, -0.1) is 0 Å². The van der Waals surface area contributed by atoms with Crippen molar-refractivity contribution in [1.29, 1.82) is 0 Å². The van der Waals surface area contributed by atoms with Crippen molar-refractivity contribution >= 4 is 11.9 Å². The Balaban J connectivity index is 1.14. The lowest BCUT2D eigenvalue weighted by molar-refractivity contribution is -0.133. The van der Waals surface area contributed by atoms with E-state index in [2.05, 4.69) is 44.0 Å². The maximum atomic E-state index is 12.8. The molecule has 1 amide bonds. The van der Waals surface area contributed by atoms with Crippen molar-refractivity contribution in [3.63, 3.8) is 0 Å². The van der Waals surface area contributed by atoms with Crippen molar-refractivity contribution in [1.82, 2.24) is 19.8 Å². The van der Waals surface area contributed by atoms with Crippen molar-refractivity contribution < 1.29 is 9.53 Å². The molecule has 0 radical (unpaired) electrons. The van der Waals surface area contributed by atoms with Crippen LogP contribution in [0.15, 0.2) is 42.7 Å². The number of hydrogen-bond acceptors (Lipinski definition) is 6. The Morgan fingerprint density at radius 1 is 1.00 bits per heavy atom. The van der Waals surface area contributed by atoms with Gasteiger partial charge in [0, 0.05) is 38.6 Å². The topological polar surface area (TPSA) is 61.8 Å². The lowest BCUT2D eigenvalue weighted by Gasteiger charge is -2.37. The number of piperazine rings is 1. The molecule has 0 atom stereocenters. The Morgan fingerprint density at radius 2 is 1.69 bits per heavy atom. The van der Waals surface area contributed by atoms with Crippen molar-refractivity contribution in [3.05, 3.63) is 48.3 Å². The van der Waals surface area contributed by atoms with Crippen LogP contribution in [0, 0.1) is 5.92 Å². The number of carbonyl (C=O) groups excluding carboxylic acids is 1. The number of amides is 1. The van der Waals surface area contributed by atoms with Crippen molar-refractivity contribution in [2.75, 3.05) is 57.3 Å². The summed E-state index contributed by atoms with van der Waals surface area (Å²) in [6.07, 6.45) is 8.24. The fraction of sp³-hybridized carbons (Fsp3) is 0.560. The average molecular weight is 438 g/mol. The second-order valence-electron chi connectivity index (χ2n) is 8.75. The van der Waals surface area contributed by atoms with Gasteiger partial charge in [0.2, 0.25) is 11.9 Å². The maximum absolute atomic E-state index is 12.8. The van der Waals surface area contributed by atoms with E-state index in [0.29, 0.717) is 13.2 Å². The van der Waals surface area contributed by atoms with Crippen LogP contribution in [0.25, 0.3) is 0 Å². The first kappa shape index (κ1) is 22.5. The Hall–Kier alpha value is -2.67. The van der Waals surface area contributed by atoms with Crippen LogP contribution >= 0.6 is 0 Å². The highest BCUT2D eigenvalue weighted by molar-refractivity contribution is 5.78. The van der Waals surface area contributed by atoms with Gasteiger partial charge >= 0.3 is 0 Å². The molecule has 7 heteroatoms. The summed E-state index contributed by atoms with van der Waals surface area (Å²) in [7, 11) is 0. The first-order valence-corrected chi connectivity index (χ1v) is 11.9. The number of benzene rings is 1. The molecule has 2 aliphatic heterocycles. The quantitative estimate of drug-likeness (QED) is 0.633. The number of carbonyl (C=O) groups is 1. The van der Waals surface area contributed by atoms with E-state index in [1.165, 1.54) is 24.8 Å². The van der Waals surface area contributed by atoms with E-state index >= 15 is 0 Å². The lowest BCUT2D eigenvalue weighted by Crippen LogP contribution is -2.52. The minimum atomic E-state index is 0.256. The molecule has 0 aliphatic carbocycles. The monoisotopic (exact) mass is 437 g/mol. The largest absolute Gasteiger partial charge is 0.494 e. The molecule has 2 aromatic rings. The number of piperidine rings is 1. The van der Waals surface area contributed by atoms with Gasteiger partial charge < -0.3 is 14.5 Å². The fourth-order valence-electron chi connectivity index (χ4n) is 4.62. The molecular formula is C25H35N5O2. The number of likely N-dealkylation sites (tertiary alicyclic amines) is 1. The van der Waals surface area contributed by atoms with E-state index in [1.807, 2.05) is 17.9 Å². The zero-order valence-corrected chi connectivity index (χ0v) is 19.2. The van der Waals surface area contributed by atoms with Crippen molar-refractivity contribution in [2.24, 2.45) is 5.92 Å². The fourth-order valence-corrected chi connectivity index (χ4v) is 4.62. The average Bonchev–Trinajstić information content (AvgIpc) is 2.85. The predicted octanol–water partition coefficient (Wildman–Crippen LogP) is 2.87. The van der Waals surface area contributed by atoms with E-state index in [0.717, 1.165) is 63.3 Å². The van der Waals surface area contributed by atoms with Crippen LogP contribution < -0.4 is 9.64 Å². The van der Waals surface area contributed by atoms with E-state index in [-0.39, 0.29) is 5.91 Å². The number of hydrogen-bond donors (Lipinski definition) is 0. The van der Waals surface area contributed by atoms with Gasteiger partial charge in [-0.1, -0.05) is 12.1 Å². The molecule has 32 heavy (non-hydrogen) atoms. The van der Waals surface area contributed by atoms with Gasteiger partial charge in [-0.05, 0) is 75.4 Å². The second kappa shape index (κ2) is 11.3. The highest BCUT2D eigenvalue weighted by Crippen LogP contribution is 2.23. The first-order valence-electron chi connectivity index (χ1n) is 11.9. The smallest absolute Gasteiger partial charge is 0.236 e. The summed E-state index contributed by atoms with van der Waals surface area (Å²) in [5.41, 5.74) is 1.38. The molecule has 0 N–H and O–H groups in total. The third kappa shape index (κ3) is 6.19. The van der Waals surface area contributed by atoms with E-state index in [9.17, 15) is 4.79 Å². The Morgan fingerprint density at radius 3 is 2.34 bits per heavy atom. The molecule has 7 nitrogen and oxygen atoms in total. The minimum absolute atomic E-state index is 0.256. The van der Waals surface area contributed by atoms with E-state index < -0.39 is 0 Å². The predicted molar refractivity (Wildman–Crippen MR) is 126 cm³/mol. The Labute approximate surface area is 191 Å². The molecular weight excluding hydrogens is 402 g/mol. The molecule has 1 aromatic heterocycles. The van der Waals surface area contributed by atoms with Crippen LogP contribution in [0.1, 0.15) is 31.7 Å². The van der Waals surface area contributed by atoms with Crippen LogP contribution in [0.2, 0.25) is 0 Å². The summed E-state index contributed by atoms with van der Waals surface area (Å²) in [5.74, 6) is 2.71. The number of anilines is 1.